The van der Waals surface area contributed by atoms with Crippen LogP contribution in [0.15, 0.2) is 60.7 Å². The van der Waals surface area contributed by atoms with Gasteiger partial charge in [-0.25, -0.2) is 0 Å². The van der Waals surface area contributed by atoms with Gasteiger partial charge in [0.1, 0.15) is 0 Å². The van der Waals surface area contributed by atoms with Crippen LogP contribution in [0.3, 0.4) is 0 Å². The molecular formula is C20H22O4. The average molecular weight is 326 g/mol. The Labute approximate surface area is 141 Å². The monoisotopic (exact) mass is 326 g/mol. The molecule has 0 fully saturated rings. The third-order valence-corrected chi connectivity index (χ3v) is 4.47. The molecule has 126 valence electrons. The summed E-state index contributed by atoms with van der Waals surface area (Å²) in [6.45, 7) is 2.01. The van der Waals surface area contributed by atoms with Gasteiger partial charge in [-0.05, 0) is 17.5 Å². The standard InChI is InChI=1S/C20H22O4/c1-2-3-14-17(15-10-6-4-7-11-15)20(18(21)22,19(23)24)16-12-8-5-9-13-16/h4-13,17H,2-3,14H2,1H3,(H,21,22)(H,23,24). The highest BCUT2D eigenvalue weighted by Crippen LogP contribution is 2.43. The Bertz CT molecular complexity index is 665. The predicted molar refractivity (Wildman–Crippen MR) is 92.1 cm³/mol. The summed E-state index contributed by atoms with van der Waals surface area (Å²) < 4.78 is 0. The highest BCUT2D eigenvalue weighted by Gasteiger charge is 2.54. The fourth-order valence-corrected chi connectivity index (χ4v) is 3.27. The van der Waals surface area contributed by atoms with E-state index in [1.54, 1.807) is 30.3 Å². The minimum Gasteiger partial charge on any atom is -0.480 e. The van der Waals surface area contributed by atoms with E-state index in [0.29, 0.717) is 12.0 Å². The maximum absolute atomic E-state index is 12.3. The van der Waals surface area contributed by atoms with Crippen molar-refractivity contribution in [2.45, 2.75) is 37.5 Å². The first-order valence-corrected chi connectivity index (χ1v) is 8.12. The molecule has 2 aromatic carbocycles. The molecule has 4 heteroatoms. The van der Waals surface area contributed by atoms with Gasteiger partial charge < -0.3 is 10.2 Å². The molecule has 0 aromatic heterocycles. The van der Waals surface area contributed by atoms with Gasteiger partial charge >= 0.3 is 11.9 Å². The van der Waals surface area contributed by atoms with Crippen molar-refractivity contribution in [2.75, 3.05) is 0 Å². The summed E-state index contributed by atoms with van der Waals surface area (Å²) in [6, 6.07) is 17.4. The number of carboxylic acids is 2. The van der Waals surface area contributed by atoms with Gasteiger partial charge in [-0.3, -0.25) is 9.59 Å². The molecule has 0 spiro atoms. The van der Waals surface area contributed by atoms with Crippen LogP contribution in [0.1, 0.15) is 43.2 Å². The zero-order valence-electron chi connectivity index (χ0n) is 13.7. The highest BCUT2D eigenvalue weighted by molar-refractivity contribution is 6.06. The molecule has 4 nitrogen and oxygen atoms in total. The SMILES string of the molecule is CCCCC(c1ccccc1)C(C(=O)O)(C(=O)O)c1ccccc1. The largest absolute Gasteiger partial charge is 0.480 e. The van der Waals surface area contributed by atoms with Crippen LogP contribution in [0.4, 0.5) is 0 Å². The first-order valence-electron chi connectivity index (χ1n) is 8.12. The van der Waals surface area contributed by atoms with E-state index in [9.17, 15) is 19.8 Å². The van der Waals surface area contributed by atoms with E-state index in [0.717, 1.165) is 18.4 Å². The van der Waals surface area contributed by atoms with Crippen LogP contribution in [0, 0.1) is 0 Å². The van der Waals surface area contributed by atoms with E-state index < -0.39 is 23.3 Å². The van der Waals surface area contributed by atoms with E-state index in [2.05, 4.69) is 0 Å². The minimum atomic E-state index is -2.00. The summed E-state index contributed by atoms with van der Waals surface area (Å²) in [4.78, 5) is 24.5. The third kappa shape index (κ3) is 3.18. The normalized spacial score (nSPS) is 12.5. The summed E-state index contributed by atoms with van der Waals surface area (Å²) in [7, 11) is 0. The molecule has 0 heterocycles. The van der Waals surface area contributed by atoms with E-state index in [1.807, 2.05) is 37.3 Å². The quantitative estimate of drug-likeness (QED) is 0.717. The molecule has 1 atom stereocenters. The van der Waals surface area contributed by atoms with E-state index in [4.69, 9.17) is 0 Å². The zero-order valence-corrected chi connectivity index (χ0v) is 13.7. The van der Waals surface area contributed by atoms with Crippen LogP contribution in [0.5, 0.6) is 0 Å². The summed E-state index contributed by atoms with van der Waals surface area (Å²) >= 11 is 0. The van der Waals surface area contributed by atoms with Crippen molar-refractivity contribution in [1.29, 1.82) is 0 Å². The molecule has 0 aliphatic rings. The van der Waals surface area contributed by atoms with Crippen molar-refractivity contribution in [3.8, 4) is 0 Å². The molecule has 0 saturated heterocycles. The number of carboxylic acid groups (broad SMARTS) is 2. The minimum absolute atomic E-state index is 0.301. The highest BCUT2D eigenvalue weighted by atomic mass is 16.4. The Morgan fingerprint density at radius 1 is 0.917 bits per heavy atom. The van der Waals surface area contributed by atoms with Gasteiger partial charge in [-0.2, -0.15) is 0 Å². The van der Waals surface area contributed by atoms with Crippen molar-refractivity contribution in [2.24, 2.45) is 0 Å². The number of hydrogen-bond donors (Lipinski definition) is 2. The van der Waals surface area contributed by atoms with E-state index >= 15 is 0 Å². The second kappa shape index (κ2) is 7.77. The molecule has 0 radical (unpaired) electrons. The van der Waals surface area contributed by atoms with Crippen LogP contribution in [0.2, 0.25) is 0 Å². The number of unbranched alkanes of at least 4 members (excludes halogenated alkanes) is 1. The lowest BCUT2D eigenvalue weighted by atomic mass is 9.65. The van der Waals surface area contributed by atoms with Crippen LogP contribution in [-0.4, -0.2) is 22.2 Å². The van der Waals surface area contributed by atoms with Gasteiger partial charge in [0.2, 0.25) is 0 Å². The molecule has 0 aliphatic heterocycles. The molecule has 2 N–H and O–H groups in total. The molecule has 0 aliphatic carbocycles. The van der Waals surface area contributed by atoms with Crippen LogP contribution >= 0.6 is 0 Å². The molecule has 0 amide bonds. The van der Waals surface area contributed by atoms with Crippen molar-refractivity contribution in [3.63, 3.8) is 0 Å². The van der Waals surface area contributed by atoms with E-state index in [-0.39, 0.29) is 0 Å². The Kier molecular flexibility index (Phi) is 5.74. The Hall–Kier alpha value is -2.62. The predicted octanol–water partition coefficient (Wildman–Crippen LogP) is 4.07. The molecule has 2 aromatic rings. The van der Waals surface area contributed by atoms with Crippen LogP contribution in [0.25, 0.3) is 0 Å². The molecule has 0 bridgehead atoms. The Morgan fingerprint density at radius 2 is 1.42 bits per heavy atom. The first-order chi connectivity index (χ1) is 11.5. The first kappa shape index (κ1) is 17.7. The van der Waals surface area contributed by atoms with Crippen molar-refractivity contribution in [3.05, 3.63) is 71.8 Å². The Balaban J connectivity index is 2.70. The molecular weight excluding hydrogens is 304 g/mol. The maximum Gasteiger partial charge on any atom is 0.326 e. The molecule has 24 heavy (non-hydrogen) atoms. The van der Waals surface area contributed by atoms with Gasteiger partial charge in [0, 0.05) is 5.92 Å². The van der Waals surface area contributed by atoms with Crippen molar-refractivity contribution in [1.82, 2.24) is 0 Å². The number of hydrogen-bond acceptors (Lipinski definition) is 2. The molecule has 1 unspecified atom stereocenters. The van der Waals surface area contributed by atoms with Crippen LogP contribution in [-0.2, 0) is 15.0 Å². The van der Waals surface area contributed by atoms with Gasteiger partial charge in [0.05, 0.1) is 0 Å². The summed E-state index contributed by atoms with van der Waals surface area (Å²) in [5.41, 5.74) is -0.966. The second-order valence-corrected chi connectivity index (χ2v) is 5.89. The fourth-order valence-electron chi connectivity index (χ4n) is 3.27. The molecule has 0 saturated carbocycles. The molecule has 2 rings (SSSR count). The third-order valence-electron chi connectivity index (χ3n) is 4.47. The smallest absolute Gasteiger partial charge is 0.326 e. The van der Waals surface area contributed by atoms with E-state index in [1.165, 1.54) is 0 Å². The summed E-state index contributed by atoms with van der Waals surface area (Å²) in [6.07, 6.45) is 2.12. The maximum atomic E-state index is 12.3. The van der Waals surface area contributed by atoms with Gasteiger partial charge in [-0.1, -0.05) is 80.4 Å². The summed E-state index contributed by atoms with van der Waals surface area (Å²) in [5, 5.41) is 20.0. The van der Waals surface area contributed by atoms with Crippen LogP contribution < -0.4 is 0 Å². The number of benzene rings is 2. The van der Waals surface area contributed by atoms with Crippen molar-refractivity contribution < 1.29 is 19.8 Å². The number of rotatable bonds is 8. The second-order valence-electron chi connectivity index (χ2n) is 5.89. The Morgan fingerprint density at radius 3 is 1.88 bits per heavy atom. The van der Waals surface area contributed by atoms with Gasteiger partial charge in [0.25, 0.3) is 0 Å². The van der Waals surface area contributed by atoms with Gasteiger partial charge in [0.15, 0.2) is 5.41 Å². The number of aliphatic carboxylic acids is 2. The van der Waals surface area contributed by atoms with Gasteiger partial charge in [-0.15, -0.1) is 0 Å². The lowest BCUT2D eigenvalue weighted by Gasteiger charge is -2.34. The topological polar surface area (TPSA) is 74.6 Å². The average Bonchev–Trinajstić information content (AvgIpc) is 2.59. The lowest BCUT2D eigenvalue weighted by Crippen LogP contribution is -2.49. The zero-order chi connectivity index (χ0) is 17.6. The lowest BCUT2D eigenvalue weighted by molar-refractivity contribution is -0.159. The van der Waals surface area contributed by atoms with Crippen molar-refractivity contribution >= 4 is 11.9 Å². The summed E-state index contributed by atoms with van der Waals surface area (Å²) in [5.74, 6) is -3.30. The fraction of sp³-hybridized carbons (Fsp3) is 0.300. The number of carbonyl (C=O) groups is 2.